The van der Waals surface area contributed by atoms with Gasteiger partial charge in [-0.05, 0) is 13.8 Å². The van der Waals surface area contributed by atoms with Crippen molar-refractivity contribution in [3.8, 4) is 0 Å². The Morgan fingerprint density at radius 2 is 2.00 bits per heavy atom. The number of amides is 1. The lowest BCUT2D eigenvalue weighted by atomic mass is 10.2. The molecule has 2 heterocycles. The summed E-state index contributed by atoms with van der Waals surface area (Å²) in [6, 6.07) is -0.372. The van der Waals surface area contributed by atoms with Crippen LogP contribution in [0.3, 0.4) is 0 Å². The number of nitrogens with two attached hydrogens (primary N) is 1. The second-order valence-electron chi connectivity index (χ2n) is 5.19. The molecule has 21 heavy (non-hydrogen) atoms. The largest absolute Gasteiger partial charge is 0.444 e. The fourth-order valence-electron chi connectivity index (χ4n) is 1.76. The van der Waals surface area contributed by atoms with E-state index in [1.54, 1.807) is 20.0 Å². The summed E-state index contributed by atoms with van der Waals surface area (Å²) in [6.07, 6.45) is 3.06. The van der Waals surface area contributed by atoms with Gasteiger partial charge in [0, 0.05) is 5.92 Å². The number of rotatable bonds is 4. The number of aromatic nitrogens is 3. The summed E-state index contributed by atoms with van der Waals surface area (Å²) in [5.41, 5.74) is 6.20. The van der Waals surface area contributed by atoms with Gasteiger partial charge >= 0.3 is 0 Å². The van der Waals surface area contributed by atoms with E-state index in [0.29, 0.717) is 17.5 Å². The number of hydrogen-bond donors (Lipinski definition) is 2. The highest BCUT2D eigenvalue weighted by Gasteiger charge is 2.19. The van der Waals surface area contributed by atoms with Crippen molar-refractivity contribution in [3.63, 3.8) is 0 Å². The van der Waals surface area contributed by atoms with E-state index in [0.717, 1.165) is 0 Å². The molecule has 3 N–H and O–H groups in total. The second kappa shape index (κ2) is 5.90. The van der Waals surface area contributed by atoms with Gasteiger partial charge in [0.1, 0.15) is 17.6 Å². The van der Waals surface area contributed by atoms with Crippen LogP contribution in [0.1, 0.15) is 60.7 Å². The number of nitrogen functional groups attached to an aromatic ring is 1. The summed E-state index contributed by atoms with van der Waals surface area (Å²) >= 11 is 0. The van der Waals surface area contributed by atoms with E-state index in [9.17, 15) is 4.79 Å². The lowest BCUT2D eigenvalue weighted by molar-refractivity contribution is 0.0929. The van der Waals surface area contributed by atoms with Crippen LogP contribution in [0.25, 0.3) is 0 Å². The van der Waals surface area contributed by atoms with Gasteiger partial charge in [-0.15, -0.1) is 0 Å². The van der Waals surface area contributed by atoms with Crippen LogP contribution >= 0.6 is 0 Å². The average molecular weight is 289 g/mol. The van der Waals surface area contributed by atoms with Crippen molar-refractivity contribution < 1.29 is 9.21 Å². The van der Waals surface area contributed by atoms with E-state index in [2.05, 4.69) is 20.3 Å². The van der Waals surface area contributed by atoms with Crippen molar-refractivity contribution in [2.45, 2.75) is 39.7 Å². The summed E-state index contributed by atoms with van der Waals surface area (Å²) in [5, 5.41) is 2.77. The quantitative estimate of drug-likeness (QED) is 0.891. The highest BCUT2D eigenvalue weighted by atomic mass is 16.4. The summed E-state index contributed by atoms with van der Waals surface area (Å²) in [4.78, 5) is 24.7. The lowest BCUT2D eigenvalue weighted by Gasteiger charge is -2.12. The van der Waals surface area contributed by atoms with Crippen molar-refractivity contribution in [3.05, 3.63) is 35.6 Å². The van der Waals surface area contributed by atoms with Crippen LogP contribution in [-0.2, 0) is 0 Å². The Balaban J connectivity index is 2.18. The summed E-state index contributed by atoms with van der Waals surface area (Å²) in [5.74, 6) is 1.45. The number of anilines is 1. The first-order valence-electron chi connectivity index (χ1n) is 6.74. The number of nitrogens with one attached hydrogen (secondary N) is 1. The minimum absolute atomic E-state index is 0.115. The molecule has 0 fully saturated rings. The Morgan fingerprint density at radius 1 is 1.29 bits per heavy atom. The van der Waals surface area contributed by atoms with Crippen molar-refractivity contribution in [2.75, 3.05) is 5.73 Å². The fourth-order valence-corrected chi connectivity index (χ4v) is 1.76. The monoisotopic (exact) mass is 289 g/mol. The molecule has 1 unspecified atom stereocenters. The first-order chi connectivity index (χ1) is 9.88. The van der Waals surface area contributed by atoms with Gasteiger partial charge in [0.25, 0.3) is 5.91 Å². The third kappa shape index (κ3) is 3.36. The molecule has 2 aromatic heterocycles. The Morgan fingerprint density at radius 3 is 2.57 bits per heavy atom. The normalized spacial score (nSPS) is 12.4. The van der Waals surface area contributed by atoms with Gasteiger partial charge in [-0.3, -0.25) is 4.79 Å². The number of aryl methyl sites for hydroxylation is 1. The third-order valence-corrected chi connectivity index (χ3v) is 2.92. The minimum atomic E-state index is -0.375. The average Bonchev–Trinajstić information content (AvgIpc) is 2.85. The maximum atomic E-state index is 12.3. The van der Waals surface area contributed by atoms with Crippen LogP contribution < -0.4 is 11.1 Å². The number of hydrogen-bond acceptors (Lipinski definition) is 6. The molecule has 112 valence electrons. The van der Waals surface area contributed by atoms with Gasteiger partial charge in [-0.25, -0.2) is 15.0 Å². The molecule has 7 nitrogen and oxygen atoms in total. The zero-order valence-corrected chi connectivity index (χ0v) is 12.5. The summed E-state index contributed by atoms with van der Waals surface area (Å²) < 4.78 is 5.38. The van der Waals surface area contributed by atoms with Crippen LogP contribution in [-0.4, -0.2) is 20.9 Å². The highest BCUT2D eigenvalue weighted by Crippen LogP contribution is 2.16. The summed E-state index contributed by atoms with van der Waals surface area (Å²) in [6.45, 7) is 7.48. The molecule has 7 heteroatoms. The van der Waals surface area contributed by atoms with Crippen LogP contribution in [0.5, 0.6) is 0 Å². The second-order valence-corrected chi connectivity index (χ2v) is 5.19. The highest BCUT2D eigenvalue weighted by molar-refractivity contribution is 5.97. The number of nitrogens with zero attached hydrogens (tertiary/aromatic N) is 3. The zero-order valence-electron chi connectivity index (χ0n) is 12.5. The van der Waals surface area contributed by atoms with Gasteiger partial charge in [0.2, 0.25) is 5.89 Å². The standard InChI is InChI=1S/C14H19N5O2/c1-7(2)12-16-6-10(15)11(19-12)13(20)18-9(4)14-17-5-8(3)21-14/h5-7,9H,15H2,1-4H3,(H,18,20). The molecule has 0 saturated heterocycles. The van der Waals surface area contributed by atoms with Crippen molar-refractivity contribution in [1.82, 2.24) is 20.3 Å². The Hall–Kier alpha value is -2.44. The maximum absolute atomic E-state index is 12.3. The number of carbonyl (C=O) groups excluding carboxylic acids is 1. The number of oxazole rings is 1. The SMILES string of the molecule is Cc1cnc(C(C)NC(=O)c2nc(C(C)C)ncc2N)o1. The fraction of sp³-hybridized carbons (Fsp3) is 0.429. The van der Waals surface area contributed by atoms with Crippen molar-refractivity contribution in [1.29, 1.82) is 0 Å². The van der Waals surface area contributed by atoms with E-state index < -0.39 is 0 Å². The lowest BCUT2D eigenvalue weighted by Crippen LogP contribution is -2.29. The first kappa shape index (κ1) is 15.0. The molecule has 0 bridgehead atoms. The van der Waals surface area contributed by atoms with E-state index >= 15 is 0 Å². The molecule has 2 rings (SSSR count). The van der Waals surface area contributed by atoms with Crippen molar-refractivity contribution in [2.24, 2.45) is 0 Å². The smallest absolute Gasteiger partial charge is 0.272 e. The molecular weight excluding hydrogens is 270 g/mol. The zero-order chi connectivity index (χ0) is 15.6. The Labute approximate surface area is 123 Å². The molecule has 0 aliphatic rings. The molecule has 0 aromatic carbocycles. The van der Waals surface area contributed by atoms with E-state index in [4.69, 9.17) is 10.2 Å². The molecule has 2 aromatic rings. The van der Waals surface area contributed by atoms with Gasteiger partial charge in [0.15, 0.2) is 5.69 Å². The van der Waals surface area contributed by atoms with E-state index in [1.165, 1.54) is 6.20 Å². The first-order valence-corrected chi connectivity index (χ1v) is 6.74. The van der Waals surface area contributed by atoms with Gasteiger partial charge in [-0.1, -0.05) is 13.8 Å². The topological polar surface area (TPSA) is 107 Å². The molecule has 0 aliphatic carbocycles. The minimum Gasteiger partial charge on any atom is -0.444 e. The van der Waals surface area contributed by atoms with Crippen molar-refractivity contribution >= 4 is 11.6 Å². The van der Waals surface area contributed by atoms with E-state index in [-0.39, 0.29) is 29.2 Å². The van der Waals surface area contributed by atoms with Gasteiger partial charge in [0.05, 0.1) is 18.1 Å². The van der Waals surface area contributed by atoms with Crippen LogP contribution in [0.2, 0.25) is 0 Å². The van der Waals surface area contributed by atoms with Crippen LogP contribution in [0.15, 0.2) is 16.8 Å². The maximum Gasteiger partial charge on any atom is 0.272 e. The molecule has 0 radical (unpaired) electrons. The molecular formula is C14H19N5O2. The molecule has 1 atom stereocenters. The van der Waals surface area contributed by atoms with Gasteiger partial charge < -0.3 is 15.5 Å². The molecule has 0 spiro atoms. The van der Waals surface area contributed by atoms with E-state index in [1.807, 2.05) is 13.8 Å². The predicted molar refractivity (Wildman–Crippen MR) is 77.7 cm³/mol. The Bertz CT molecular complexity index is 651. The van der Waals surface area contributed by atoms with Crippen LogP contribution in [0, 0.1) is 6.92 Å². The van der Waals surface area contributed by atoms with Gasteiger partial charge in [-0.2, -0.15) is 0 Å². The van der Waals surface area contributed by atoms with Crippen LogP contribution in [0.4, 0.5) is 5.69 Å². The summed E-state index contributed by atoms with van der Waals surface area (Å²) in [7, 11) is 0. The molecule has 0 saturated carbocycles. The Kier molecular flexibility index (Phi) is 4.21. The molecule has 1 amide bonds. The third-order valence-electron chi connectivity index (χ3n) is 2.92. The number of carbonyl (C=O) groups is 1. The predicted octanol–water partition coefficient (Wildman–Crippen LogP) is 1.97. The molecule has 0 aliphatic heterocycles.